The second-order valence-corrected chi connectivity index (χ2v) is 8.84. The highest BCUT2D eigenvalue weighted by Crippen LogP contribution is 2.36. The number of pyridine rings is 2. The fourth-order valence-electron chi connectivity index (χ4n) is 2.59. The Morgan fingerprint density at radius 3 is 2.21 bits per heavy atom. The maximum absolute atomic E-state index is 13.2. The molecule has 3 aromatic rings. The van der Waals surface area contributed by atoms with Crippen LogP contribution in [0.1, 0.15) is 21.6 Å². The second kappa shape index (κ2) is 8.93. The molecule has 14 heteroatoms. The number of carbonyl (C=O) groups excluding carboxylic acids is 1. The van der Waals surface area contributed by atoms with Crippen molar-refractivity contribution in [3.05, 3.63) is 71.8 Å². The van der Waals surface area contributed by atoms with Crippen molar-refractivity contribution in [2.45, 2.75) is 17.2 Å². The Labute approximate surface area is 188 Å². The lowest BCUT2D eigenvalue weighted by Crippen LogP contribution is -2.15. The largest absolute Gasteiger partial charge is 0.455 e. The van der Waals surface area contributed by atoms with Crippen LogP contribution in [0.4, 0.5) is 32.0 Å². The van der Waals surface area contributed by atoms with Crippen molar-refractivity contribution >= 4 is 21.4 Å². The third-order valence-corrected chi connectivity index (χ3v) is 5.29. The molecule has 0 bridgehead atoms. The third kappa shape index (κ3) is 6.01. The number of ether oxygens (including phenoxy) is 1. The van der Waals surface area contributed by atoms with Gasteiger partial charge in [0.2, 0.25) is 0 Å². The van der Waals surface area contributed by atoms with Crippen molar-refractivity contribution in [2.75, 3.05) is 11.6 Å². The molecule has 0 radical (unpaired) electrons. The van der Waals surface area contributed by atoms with Gasteiger partial charge in [0, 0.05) is 12.5 Å². The van der Waals surface area contributed by atoms with Crippen LogP contribution in [-0.4, -0.2) is 30.5 Å². The Morgan fingerprint density at radius 2 is 1.65 bits per heavy atom. The van der Waals surface area contributed by atoms with Crippen LogP contribution in [0.2, 0.25) is 0 Å². The maximum Gasteiger partial charge on any atom is 0.433 e. The van der Waals surface area contributed by atoms with Gasteiger partial charge in [-0.05, 0) is 36.4 Å². The van der Waals surface area contributed by atoms with Crippen molar-refractivity contribution in [2.24, 2.45) is 0 Å². The van der Waals surface area contributed by atoms with Crippen molar-refractivity contribution in [1.82, 2.24) is 9.97 Å². The summed E-state index contributed by atoms with van der Waals surface area (Å²) in [4.78, 5) is 19.3. The second-order valence-electron chi connectivity index (χ2n) is 6.82. The topological polar surface area (TPSA) is 98.2 Å². The molecule has 1 N–H and O–H groups in total. The van der Waals surface area contributed by atoms with Gasteiger partial charge < -0.3 is 10.1 Å². The van der Waals surface area contributed by atoms with Crippen LogP contribution >= 0.6 is 0 Å². The maximum atomic E-state index is 13.2. The highest BCUT2D eigenvalue weighted by atomic mass is 32.2. The van der Waals surface area contributed by atoms with Gasteiger partial charge in [0.15, 0.2) is 9.84 Å². The first-order valence-electron chi connectivity index (χ1n) is 9.03. The minimum Gasteiger partial charge on any atom is -0.455 e. The summed E-state index contributed by atoms with van der Waals surface area (Å²) >= 11 is 0. The van der Waals surface area contributed by atoms with E-state index in [4.69, 9.17) is 4.74 Å². The number of anilines is 1. The molecule has 0 saturated heterocycles. The number of hydrogen-bond acceptors (Lipinski definition) is 6. The average molecular weight is 505 g/mol. The summed E-state index contributed by atoms with van der Waals surface area (Å²) in [6.45, 7) is 0. The molecule has 2 aromatic heterocycles. The normalized spacial score (nSPS) is 12.3. The van der Waals surface area contributed by atoms with Gasteiger partial charge in [0.25, 0.3) is 5.91 Å². The first-order valence-corrected chi connectivity index (χ1v) is 10.9. The van der Waals surface area contributed by atoms with Crippen LogP contribution in [0.5, 0.6) is 11.5 Å². The third-order valence-electron chi connectivity index (χ3n) is 4.21. The van der Waals surface area contributed by atoms with Crippen molar-refractivity contribution < 1.29 is 44.3 Å². The van der Waals surface area contributed by atoms with Gasteiger partial charge in [-0.2, -0.15) is 26.3 Å². The number of alkyl halides is 6. The van der Waals surface area contributed by atoms with Gasteiger partial charge in [-0.1, -0.05) is 0 Å². The summed E-state index contributed by atoms with van der Waals surface area (Å²) in [5.74, 6) is -1.97. The van der Waals surface area contributed by atoms with Gasteiger partial charge in [0.05, 0.1) is 34.1 Å². The van der Waals surface area contributed by atoms with Gasteiger partial charge in [-0.25, -0.2) is 13.4 Å². The summed E-state index contributed by atoms with van der Waals surface area (Å²) in [6.07, 6.45) is -5.85. The smallest absolute Gasteiger partial charge is 0.433 e. The molecule has 0 spiro atoms. The van der Waals surface area contributed by atoms with E-state index < -0.39 is 50.7 Å². The number of nitrogens with one attached hydrogen (secondary N) is 1. The van der Waals surface area contributed by atoms with Gasteiger partial charge in [-0.15, -0.1) is 0 Å². The first-order chi connectivity index (χ1) is 15.6. The molecule has 0 aliphatic rings. The summed E-state index contributed by atoms with van der Waals surface area (Å²) in [5.41, 5.74) is -2.92. The lowest BCUT2D eigenvalue weighted by Gasteiger charge is -2.15. The molecule has 3 rings (SSSR count). The number of nitrogens with zero attached hydrogens (tertiary/aromatic N) is 2. The fraction of sp³-hybridized carbons (Fsp3) is 0.150. The van der Waals surface area contributed by atoms with E-state index in [1.165, 1.54) is 0 Å². The molecule has 34 heavy (non-hydrogen) atoms. The number of amides is 1. The average Bonchev–Trinajstić information content (AvgIpc) is 2.72. The molecular weight excluding hydrogens is 492 g/mol. The number of halogens is 6. The standard InChI is InChI=1S/C20H13F6N3O4S/c1-34(31,32)14-7-12(8-27-10-14)29-18(30)15-4-2-11(19(21,22)23)6-16(15)33-13-3-5-17(28-9-13)20(24,25)26/h2-10H,1H3,(H,29,30). The highest BCUT2D eigenvalue weighted by molar-refractivity contribution is 7.90. The van der Waals surface area contributed by atoms with E-state index in [1.807, 2.05) is 0 Å². The quantitative estimate of drug-likeness (QED) is 0.492. The van der Waals surface area contributed by atoms with Crippen LogP contribution < -0.4 is 10.1 Å². The molecule has 0 aliphatic carbocycles. The van der Waals surface area contributed by atoms with Crippen LogP contribution in [0.25, 0.3) is 0 Å². The fourth-order valence-corrected chi connectivity index (χ4v) is 3.19. The zero-order chi connectivity index (χ0) is 25.3. The molecule has 0 aliphatic heterocycles. The van der Waals surface area contributed by atoms with E-state index in [1.54, 1.807) is 0 Å². The Balaban J connectivity index is 1.96. The molecule has 0 unspecified atom stereocenters. The molecular formula is C20H13F6N3O4S. The summed E-state index contributed by atoms with van der Waals surface area (Å²) in [6, 6.07) is 4.39. The zero-order valence-electron chi connectivity index (χ0n) is 16.9. The van der Waals surface area contributed by atoms with Gasteiger partial charge in [-0.3, -0.25) is 9.78 Å². The molecule has 0 fully saturated rings. The Kier molecular flexibility index (Phi) is 6.55. The minimum absolute atomic E-state index is 0.0741. The van der Waals surface area contributed by atoms with Crippen LogP contribution in [-0.2, 0) is 22.2 Å². The number of carbonyl (C=O) groups is 1. The van der Waals surface area contributed by atoms with E-state index in [-0.39, 0.29) is 16.3 Å². The van der Waals surface area contributed by atoms with E-state index in [0.717, 1.165) is 36.8 Å². The lowest BCUT2D eigenvalue weighted by molar-refractivity contribution is -0.141. The number of rotatable bonds is 5. The van der Waals surface area contributed by atoms with Crippen molar-refractivity contribution in [3.63, 3.8) is 0 Å². The summed E-state index contributed by atoms with van der Waals surface area (Å²) in [7, 11) is -3.66. The number of benzene rings is 1. The van der Waals surface area contributed by atoms with Gasteiger partial charge >= 0.3 is 12.4 Å². The van der Waals surface area contributed by atoms with Crippen molar-refractivity contribution in [1.29, 1.82) is 0 Å². The van der Waals surface area contributed by atoms with E-state index in [9.17, 15) is 39.6 Å². The lowest BCUT2D eigenvalue weighted by atomic mass is 10.1. The Morgan fingerprint density at radius 1 is 0.941 bits per heavy atom. The molecule has 1 amide bonds. The monoisotopic (exact) mass is 505 g/mol. The zero-order valence-corrected chi connectivity index (χ0v) is 17.7. The van der Waals surface area contributed by atoms with E-state index in [2.05, 4.69) is 15.3 Å². The molecule has 180 valence electrons. The molecule has 1 aromatic carbocycles. The minimum atomic E-state index is -4.81. The van der Waals surface area contributed by atoms with Crippen LogP contribution in [0.15, 0.2) is 59.9 Å². The summed E-state index contributed by atoms with van der Waals surface area (Å²) in [5, 5.41) is 2.29. The molecule has 7 nitrogen and oxygen atoms in total. The van der Waals surface area contributed by atoms with Crippen molar-refractivity contribution in [3.8, 4) is 11.5 Å². The van der Waals surface area contributed by atoms with Gasteiger partial charge in [0.1, 0.15) is 17.2 Å². The van der Waals surface area contributed by atoms with E-state index in [0.29, 0.717) is 24.4 Å². The summed E-state index contributed by atoms with van der Waals surface area (Å²) < 4.78 is 106. The first kappa shape index (κ1) is 25.0. The predicted molar refractivity (Wildman–Crippen MR) is 106 cm³/mol. The van der Waals surface area contributed by atoms with Crippen LogP contribution in [0.3, 0.4) is 0 Å². The number of aromatic nitrogens is 2. The SMILES string of the molecule is CS(=O)(=O)c1cncc(NC(=O)c2ccc(C(F)(F)F)cc2Oc2ccc(C(F)(F)F)nc2)c1. The number of hydrogen-bond donors (Lipinski definition) is 1. The molecule has 2 heterocycles. The molecule has 0 saturated carbocycles. The highest BCUT2D eigenvalue weighted by Gasteiger charge is 2.33. The van der Waals surface area contributed by atoms with Crippen LogP contribution in [0, 0.1) is 0 Å². The van der Waals surface area contributed by atoms with E-state index >= 15 is 0 Å². The predicted octanol–water partition coefficient (Wildman–Crippen LogP) is 4.96. The number of sulfone groups is 1. The molecule has 0 atom stereocenters. The Hall–Kier alpha value is -3.68. The Bertz CT molecular complexity index is 1320.